The first-order valence-electron chi connectivity index (χ1n) is 7.24. The molecule has 5 nitrogen and oxygen atoms in total. The molecule has 126 valence electrons. The number of carbonyl (C=O) groups is 2. The van der Waals surface area contributed by atoms with Crippen molar-refractivity contribution in [3.05, 3.63) is 59.1 Å². The van der Waals surface area contributed by atoms with Crippen LogP contribution in [0.1, 0.15) is 18.0 Å². The van der Waals surface area contributed by atoms with Gasteiger partial charge in [-0.1, -0.05) is 29.8 Å². The summed E-state index contributed by atoms with van der Waals surface area (Å²) in [6.07, 6.45) is 2.01. The summed E-state index contributed by atoms with van der Waals surface area (Å²) < 4.78 is 0. The second-order valence-electron chi connectivity index (χ2n) is 5.06. The zero-order chi connectivity index (χ0) is 17.5. The number of benzene rings is 2. The molecule has 0 fully saturated rings. The van der Waals surface area contributed by atoms with E-state index in [0.29, 0.717) is 16.3 Å². The summed E-state index contributed by atoms with van der Waals surface area (Å²) in [4.78, 5) is 24.6. The fraction of sp³-hybridized carbons (Fsp3) is 0.176. The predicted molar refractivity (Wildman–Crippen MR) is 98.4 cm³/mol. The van der Waals surface area contributed by atoms with Crippen molar-refractivity contribution in [1.29, 1.82) is 0 Å². The monoisotopic (exact) mass is 363 g/mol. The molecule has 1 unspecified atom stereocenters. The Morgan fingerprint density at radius 1 is 1.17 bits per heavy atom. The Morgan fingerprint density at radius 2 is 1.83 bits per heavy atom. The molecule has 0 heterocycles. The lowest BCUT2D eigenvalue weighted by molar-refractivity contribution is -0.116. The normalized spacial score (nSPS) is 11.6. The van der Waals surface area contributed by atoms with E-state index in [4.69, 9.17) is 17.3 Å². The minimum Gasteiger partial charge on any atom is -0.352 e. The van der Waals surface area contributed by atoms with E-state index in [9.17, 15) is 9.59 Å². The highest BCUT2D eigenvalue weighted by atomic mass is 35.5. The summed E-state index contributed by atoms with van der Waals surface area (Å²) in [6.45, 7) is 0. The van der Waals surface area contributed by atoms with Crippen LogP contribution in [0.2, 0.25) is 5.02 Å². The molecule has 0 saturated carbocycles. The van der Waals surface area contributed by atoms with Crippen molar-refractivity contribution in [3.63, 3.8) is 0 Å². The number of carbonyl (C=O) groups excluding carboxylic acids is 2. The molecule has 2 rings (SSSR count). The molecule has 0 aromatic heterocycles. The number of amides is 3. The molecule has 0 aliphatic carbocycles. The molecular formula is C17H18ClN3O2S. The molecule has 4 N–H and O–H groups in total. The smallest absolute Gasteiger partial charge is 0.312 e. The van der Waals surface area contributed by atoms with Gasteiger partial charge in [0, 0.05) is 15.6 Å². The van der Waals surface area contributed by atoms with E-state index in [1.54, 1.807) is 36.0 Å². The van der Waals surface area contributed by atoms with Crippen molar-refractivity contribution in [3.8, 4) is 0 Å². The van der Waals surface area contributed by atoms with Crippen molar-refractivity contribution >= 4 is 41.0 Å². The van der Waals surface area contributed by atoms with Gasteiger partial charge < -0.3 is 16.4 Å². The third-order valence-corrected chi connectivity index (χ3v) is 4.45. The Labute approximate surface area is 150 Å². The molecule has 3 amide bonds. The van der Waals surface area contributed by atoms with Crippen molar-refractivity contribution in [1.82, 2.24) is 5.32 Å². The van der Waals surface area contributed by atoms with Crippen LogP contribution in [0.15, 0.2) is 53.4 Å². The lowest BCUT2D eigenvalue weighted by Gasteiger charge is -2.19. The number of hydrogen-bond acceptors (Lipinski definition) is 3. The van der Waals surface area contributed by atoms with Gasteiger partial charge in [0.1, 0.15) is 0 Å². The maximum Gasteiger partial charge on any atom is 0.312 e. The highest BCUT2D eigenvalue weighted by molar-refractivity contribution is 7.98. The first kappa shape index (κ1) is 18.2. The Kier molecular flexibility index (Phi) is 6.52. The standard InChI is InChI=1S/C17H18ClN3O2S/c1-24-12-8-6-11(7-9-12)20-16(22)10-15(21-17(19)23)13-4-2-3-5-14(13)18/h2-9,15H,10H2,1H3,(H,20,22)(H3,19,21,23). The third-order valence-electron chi connectivity index (χ3n) is 3.36. The highest BCUT2D eigenvalue weighted by Gasteiger charge is 2.19. The Hall–Kier alpha value is -2.18. The minimum atomic E-state index is -0.711. The fourth-order valence-corrected chi connectivity index (χ4v) is 2.92. The van der Waals surface area contributed by atoms with Gasteiger partial charge in [-0.25, -0.2) is 4.79 Å². The van der Waals surface area contributed by atoms with Crippen LogP contribution in [0, 0.1) is 0 Å². The van der Waals surface area contributed by atoms with Gasteiger partial charge in [-0.15, -0.1) is 11.8 Å². The zero-order valence-electron chi connectivity index (χ0n) is 13.1. The number of nitrogens with one attached hydrogen (secondary N) is 2. The SMILES string of the molecule is CSc1ccc(NC(=O)CC(NC(N)=O)c2ccccc2Cl)cc1. The Balaban J connectivity index is 2.09. The van der Waals surface area contributed by atoms with E-state index in [1.807, 2.05) is 30.5 Å². The van der Waals surface area contributed by atoms with Gasteiger partial charge >= 0.3 is 6.03 Å². The van der Waals surface area contributed by atoms with Crippen molar-refractivity contribution < 1.29 is 9.59 Å². The van der Waals surface area contributed by atoms with Crippen molar-refractivity contribution in [2.75, 3.05) is 11.6 Å². The van der Waals surface area contributed by atoms with Gasteiger partial charge in [-0.3, -0.25) is 4.79 Å². The van der Waals surface area contributed by atoms with Crippen molar-refractivity contribution in [2.24, 2.45) is 5.73 Å². The zero-order valence-corrected chi connectivity index (χ0v) is 14.7. The molecule has 0 bridgehead atoms. The summed E-state index contributed by atoms with van der Waals surface area (Å²) in [7, 11) is 0. The molecule has 1 atom stereocenters. The topological polar surface area (TPSA) is 84.2 Å². The maximum atomic E-state index is 12.3. The second-order valence-corrected chi connectivity index (χ2v) is 6.35. The van der Waals surface area contributed by atoms with Crippen LogP contribution in [0.25, 0.3) is 0 Å². The highest BCUT2D eigenvalue weighted by Crippen LogP contribution is 2.25. The average molecular weight is 364 g/mol. The van der Waals surface area contributed by atoms with Crippen molar-refractivity contribution in [2.45, 2.75) is 17.4 Å². The van der Waals surface area contributed by atoms with E-state index < -0.39 is 12.1 Å². The largest absolute Gasteiger partial charge is 0.352 e. The van der Waals surface area contributed by atoms with Crippen LogP contribution in [-0.2, 0) is 4.79 Å². The fourth-order valence-electron chi connectivity index (χ4n) is 2.24. The first-order valence-corrected chi connectivity index (χ1v) is 8.84. The summed E-state index contributed by atoms with van der Waals surface area (Å²) >= 11 is 7.78. The van der Waals surface area contributed by atoms with Gasteiger partial charge in [-0.05, 0) is 42.2 Å². The third kappa shape index (κ3) is 5.18. The van der Waals surface area contributed by atoms with Crippen LogP contribution >= 0.6 is 23.4 Å². The lowest BCUT2D eigenvalue weighted by atomic mass is 10.0. The molecule has 0 spiro atoms. The van der Waals surface area contributed by atoms with E-state index in [0.717, 1.165) is 4.90 Å². The molecule has 7 heteroatoms. The number of primary amides is 1. The van der Waals surface area contributed by atoms with E-state index in [1.165, 1.54) is 0 Å². The summed E-state index contributed by atoms with van der Waals surface area (Å²) in [5.41, 5.74) is 6.55. The molecule has 0 radical (unpaired) electrons. The van der Waals surface area contributed by atoms with Crippen LogP contribution in [-0.4, -0.2) is 18.2 Å². The minimum absolute atomic E-state index is 0.0248. The molecule has 0 aliphatic rings. The molecule has 0 aliphatic heterocycles. The number of halogens is 1. The Morgan fingerprint density at radius 3 is 2.42 bits per heavy atom. The maximum absolute atomic E-state index is 12.3. The van der Waals surface area contributed by atoms with E-state index in [2.05, 4.69) is 10.6 Å². The molecule has 0 saturated heterocycles. The molecule has 2 aromatic rings. The quantitative estimate of drug-likeness (QED) is 0.682. The number of thioether (sulfide) groups is 1. The van der Waals surface area contributed by atoms with Gasteiger partial charge in [0.05, 0.1) is 12.5 Å². The second kappa shape index (κ2) is 8.61. The number of hydrogen-bond donors (Lipinski definition) is 3. The van der Waals surface area contributed by atoms with Gasteiger partial charge in [0.25, 0.3) is 0 Å². The summed E-state index contributed by atoms with van der Waals surface area (Å²) in [5.74, 6) is -0.245. The number of anilines is 1. The Bertz CT molecular complexity index is 722. The summed E-state index contributed by atoms with van der Waals surface area (Å²) in [5, 5.41) is 5.83. The molecule has 24 heavy (non-hydrogen) atoms. The summed E-state index contributed by atoms with van der Waals surface area (Å²) in [6, 6.07) is 13.2. The van der Waals surface area contributed by atoms with Gasteiger partial charge in [0.2, 0.25) is 5.91 Å². The van der Waals surface area contributed by atoms with E-state index in [-0.39, 0.29) is 12.3 Å². The number of urea groups is 1. The molecule has 2 aromatic carbocycles. The molecular weight excluding hydrogens is 346 g/mol. The van der Waals surface area contributed by atoms with Crippen LogP contribution in [0.4, 0.5) is 10.5 Å². The first-order chi connectivity index (χ1) is 11.5. The van der Waals surface area contributed by atoms with Crippen LogP contribution in [0.5, 0.6) is 0 Å². The van der Waals surface area contributed by atoms with Crippen LogP contribution in [0.3, 0.4) is 0 Å². The van der Waals surface area contributed by atoms with Gasteiger partial charge in [-0.2, -0.15) is 0 Å². The lowest BCUT2D eigenvalue weighted by Crippen LogP contribution is -2.35. The van der Waals surface area contributed by atoms with E-state index >= 15 is 0 Å². The van der Waals surface area contributed by atoms with Crippen LogP contribution < -0.4 is 16.4 Å². The number of nitrogens with two attached hydrogens (primary N) is 1. The number of rotatable bonds is 6. The average Bonchev–Trinajstić information content (AvgIpc) is 2.55. The predicted octanol–water partition coefficient (Wildman–Crippen LogP) is 3.80. The van der Waals surface area contributed by atoms with Gasteiger partial charge in [0.15, 0.2) is 0 Å².